The van der Waals surface area contributed by atoms with Crippen LogP contribution in [-0.2, 0) is 25.4 Å². The number of hydrogen-bond acceptors (Lipinski definition) is 10. The van der Waals surface area contributed by atoms with Gasteiger partial charge in [0.05, 0.1) is 34.5 Å². The van der Waals surface area contributed by atoms with Crippen molar-refractivity contribution < 1.29 is 37.1 Å². The number of rotatable bonds is 11. The lowest BCUT2D eigenvalue weighted by Crippen LogP contribution is -2.49. The Labute approximate surface area is 325 Å². The number of carbonyl (C=O) groups is 3. The number of piperidine rings is 1. The second-order valence-electron chi connectivity index (χ2n) is 13.6. The van der Waals surface area contributed by atoms with Gasteiger partial charge in [0.1, 0.15) is 18.4 Å². The largest absolute Gasteiger partial charge is 0.491 e. The summed E-state index contributed by atoms with van der Waals surface area (Å²) in [6.45, 7) is 7.46. The molecule has 3 fully saturated rings. The van der Waals surface area contributed by atoms with Gasteiger partial charge in [0, 0.05) is 56.2 Å². The summed E-state index contributed by atoms with van der Waals surface area (Å²) in [6, 6.07) is 16.5. The number of ether oxygens (including phenoxy) is 1. The number of hydrogen-bond donors (Lipinski definition) is 3. The number of benzene rings is 3. The van der Waals surface area contributed by atoms with Crippen LogP contribution in [0.5, 0.6) is 5.75 Å². The Morgan fingerprint density at radius 1 is 1.05 bits per heavy atom. The number of hydroxylamine groups is 1. The molecule has 0 saturated carbocycles. The first kappa shape index (κ1) is 39.7. The molecule has 55 heavy (non-hydrogen) atoms. The molecule has 0 bridgehead atoms. The number of piperazine rings is 1. The predicted octanol–water partition coefficient (Wildman–Crippen LogP) is 5.36. The number of nitrogens with one attached hydrogen (secondary N) is 3. The lowest BCUT2D eigenvalue weighted by atomic mass is 10.1. The van der Waals surface area contributed by atoms with Gasteiger partial charge in [0.15, 0.2) is 5.72 Å². The van der Waals surface area contributed by atoms with Gasteiger partial charge < -0.3 is 15.4 Å². The van der Waals surface area contributed by atoms with E-state index in [-0.39, 0.29) is 41.5 Å². The molecule has 0 spiro atoms. The molecule has 0 aromatic heterocycles. The lowest BCUT2D eigenvalue weighted by Gasteiger charge is -2.34. The molecular formula is C37H38ClF3N8O5S. The maximum atomic E-state index is 13.6. The fourth-order valence-electron chi connectivity index (χ4n) is 6.52. The van der Waals surface area contributed by atoms with Crippen molar-refractivity contribution in [2.45, 2.75) is 44.6 Å². The number of alkyl halides is 3. The minimum atomic E-state index is -4.74. The summed E-state index contributed by atoms with van der Waals surface area (Å²) in [4.78, 5) is 48.3. The summed E-state index contributed by atoms with van der Waals surface area (Å²) in [7, 11) is 0. The van der Waals surface area contributed by atoms with E-state index in [1.165, 1.54) is 6.07 Å². The third-order valence-corrected chi connectivity index (χ3v) is 9.92. The Balaban J connectivity index is 0.959. The monoisotopic (exact) mass is 798 g/mol. The molecule has 3 aromatic carbocycles. The van der Waals surface area contributed by atoms with Crippen molar-refractivity contribution in [3.63, 3.8) is 0 Å². The van der Waals surface area contributed by atoms with Crippen LogP contribution in [0.2, 0.25) is 5.02 Å². The molecule has 1 unspecified atom stereocenters. The molecule has 0 aliphatic carbocycles. The highest BCUT2D eigenvalue weighted by molar-refractivity contribution is 7.80. The maximum absolute atomic E-state index is 13.6. The van der Waals surface area contributed by atoms with Crippen LogP contribution in [-0.4, -0.2) is 90.3 Å². The van der Waals surface area contributed by atoms with Gasteiger partial charge in [-0.1, -0.05) is 17.7 Å². The average molecular weight is 799 g/mol. The van der Waals surface area contributed by atoms with Crippen molar-refractivity contribution in [1.82, 2.24) is 15.1 Å². The molecule has 1 atom stereocenters. The van der Waals surface area contributed by atoms with E-state index < -0.39 is 29.1 Å². The number of thiocarbonyl (C=S) groups is 1. The number of imide groups is 1. The zero-order valence-electron chi connectivity index (χ0n) is 29.9. The molecule has 3 amide bonds. The molecule has 3 N–H and O–H groups in total. The quantitative estimate of drug-likeness (QED) is 0.170. The van der Waals surface area contributed by atoms with Crippen LogP contribution in [0.3, 0.4) is 0 Å². The number of halogens is 4. The second kappa shape index (κ2) is 16.4. The van der Waals surface area contributed by atoms with Crippen LogP contribution in [0, 0.1) is 11.3 Å². The van der Waals surface area contributed by atoms with Crippen LogP contribution in [0.4, 0.5) is 35.9 Å². The Bertz CT molecular complexity index is 2020. The highest BCUT2D eigenvalue weighted by atomic mass is 35.5. The van der Waals surface area contributed by atoms with Crippen molar-refractivity contribution in [3.8, 4) is 11.8 Å². The van der Waals surface area contributed by atoms with E-state index in [4.69, 9.17) is 33.4 Å². The first-order chi connectivity index (χ1) is 26.1. The molecule has 0 radical (unpaired) electrons. The molecule has 13 nitrogen and oxygen atoms in total. The molecular weight excluding hydrogens is 761 g/mol. The summed E-state index contributed by atoms with van der Waals surface area (Å²) < 4.78 is 46.9. The van der Waals surface area contributed by atoms with E-state index in [2.05, 4.69) is 25.8 Å². The van der Waals surface area contributed by atoms with E-state index in [0.29, 0.717) is 60.5 Å². The molecule has 3 saturated heterocycles. The Kier molecular flexibility index (Phi) is 11.8. The summed E-state index contributed by atoms with van der Waals surface area (Å²) in [5.41, 5.74) is -0.881. The van der Waals surface area contributed by atoms with E-state index in [1.807, 2.05) is 0 Å². The van der Waals surface area contributed by atoms with Gasteiger partial charge in [-0.2, -0.15) is 23.5 Å². The van der Waals surface area contributed by atoms with Gasteiger partial charge in [-0.3, -0.25) is 34.4 Å². The van der Waals surface area contributed by atoms with Crippen molar-refractivity contribution in [3.05, 3.63) is 76.8 Å². The summed E-state index contributed by atoms with van der Waals surface area (Å²) in [5, 5.41) is 19.0. The van der Waals surface area contributed by atoms with Crippen molar-refractivity contribution in [2.75, 3.05) is 66.5 Å². The van der Waals surface area contributed by atoms with Gasteiger partial charge >= 0.3 is 6.18 Å². The number of carbonyl (C=O) groups excluding carboxylic acids is 3. The highest BCUT2D eigenvalue weighted by Crippen LogP contribution is 2.41. The Hall–Kier alpha value is -4.99. The Morgan fingerprint density at radius 2 is 1.76 bits per heavy atom. The van der Waals surface area contributed by atoms with Gasteiger partial charge in [-0.25, -0.2) is 4.84 Å². The van der Waals surface area contributed by atoms with Gasteiger partial charge in [-0.05, 0) is 87.1 Å². The minimum Gasteiger partial charge on any atom is -0.491 e. The third kappa shape index (κ3) is 9.46. The molecule has 18 heteroatoms. The molecule has 6 rings (SSSR count). The van der Waals surface area contributed by atoms with Crippen molar-refractivity contribution in [1.29, 1.82) is 5.26 Å². The van der Waals surface area contributed by atoms with Gasteiger partial charge in [-0.15, -0.1) is 0 Å². The molecule has 3 aliphatic rings. The van der Waals surface area contributed by atoms with Crippen LogP contribution in [0.1, 0.15) is 37.8 Å². The normalized spacial score (nSPS) is 19.2. The predicted molar refractivity (Wildman–Crippen MR) is 204 cm³/mol. The summed E-state index contributed by atoms with van der Waals surface area (Å²) in [5.74, 6) is -0.365. The van der Waals surface area contributed by atoms with Crippen LogP contribution in [0.25, 0.3) is 0 Å². The van der Waals surface area contributed by atoms with Crippen LogP contribution < -0.4 is 30.7 Å². The molecule has 3 aromatic rings. The van der Waals surface area contributed by atoms with Crippen molar-refractivity contribution >= 4 is 69.4 Å². The number of amides is 3. The topological polar surface area (TPSA) is 143 Å². The number of nitriles is 1. The fourth-order valence-corrected chi connectivity index (χ4v) is 7.22. The average Bonchev–Trinajstić information content (AvgIpc) is 3.38. The third-order valence-electron chi connectivity index (χ3n) is 9.28. The lowest BCUT2D eigenvalue weighted by molar-refractivity contribution is -0.138. The zero-order valence-corrected chi connectivity index (χ0v) is 31.5. The van der Waals surface area contributed by atoms with Gasteiger partial charge in [0.25, 0.3) is 0 Å². The van der Waals surface area contributed by atoms with Crippen LogP contribution in [0.15, 0.2) is 60.7 Å². The summed E-state index contributed by atoms with van der Waals surface area (Å²) >= 11 is 12.3. The first-order valence-electron chi connectivity index (χ1n) is 17.4. The molecule has 3 heterocycles. The first-order valence-corrected chi connectivity index (χ1v) is 18.2. The van der Waals surface area contributed by atoms with Crippen LogP contribution >= 0.6 is 23.8 Å². The Morgan fingerprint density at radius 3 is 2.45 bits per heavy atom. The zero-order chi connectivity index (χ0) is 39.5. The fraction of sp³-hybridized carbons (Fsp3) is 0.378. The van der Waals surface area contributed by atoms with E-state index in [9.17, 15) is 32.8 Å². The molecule has 3 aliphatic heterocycles. The second-order valence-corrected chi connectivity index (χ2v) is 14.4. The SMILES string of the molecule is CC1(C)ON(c2ccc(C#N)c(C(F)(F)F)c2)C(=S)N1c1ccc(OCCN2CCN(CC(=O)Nc3cccc(NC4CCC(=O)NC4=O)c3)CC2)c(Cl)c1. The van der Waals surface area contributed by atoms with Gasteiger partial charge in [0.2, 0.25) is 22.8 Å². The summed E-state index contributed by atoms with van der Waals surface area (Å²) in [6.07, 6.45) is -4.08. The number of nitrogens with zero attached hydrogens (tertiary/aromatic N) is 5. The van der Waals surface area contributed by atoms with Crippen molar-refractivity contribution in [2.24, 2.45) is 0 Å². The maximum Gasteiger partial charge on any atom is 0.417 e. The standard InChI is InChI=1S/C37H38ClF3N8O5S/c1-36(2)48(35(55)49(54-36)27-7-6-23(21-42)28(19-27)37(39,40)41)26-8-10-31(29(38)20-26)53-17-16-46-12-14-47(15-13-46)22-33(51)44-25-5-3-4-24(18-25)43-30-9-11-32(50)45-34(30)52/h3-8,10,18-20,30,43H,9,11-17,22H2,1-2H3,(H,44,51)(H,45,50,52). The highest BCUT2D eigenvalue weighted by Gasteiger charge is 2.45. The van der Waals surface area contributed by atoms with E-state index >= 15 is 0 Å². The molecule has 290 valence electrons. The van der Waals surface area contributed by atoms with E-state index in [1.54, 1.807) is 67.3 Å². The smallest absolute Gasteiger partial charge is 0.417 e. The van der Waals surface area contributed by atoms with E-state index in [0.717, 1.165) is 30.3 Å². The minimum absolute atomic E-state index is 0.0194. The number of anilines is 4.